The van der Waals surface area contributed by atoms with Crippen LogP contribution in [0.25, 0.3) is 11.0 Å². The number of aromatic nitrogens is 2. The molecule has 0 bridgehead atoms. The molecule has 0 aromatic carbocycles. The van der Waals surface area contributed by atoms with Crippen molar-refractivity contribution in [1.82, 2.24) is 9.97 Å². The minimum Gasteiger partial charge on any atom is -0.429 e. The topological polar surface area (TPSA) is 37.9 Å². The Morgan fingerprint density at radius 2 is 1.87 bits per heavy atom. The van der Waals surface area contributed by atoms with Crippen molar-refractivity contribution in [3.8, 4) is 0 Å². The fourth-order valence-electron chi connectivity index (χ4n) is 2.45. The van der Waals surface area contributed by atoms with Gasteiger partial charge in [-0.25, -0.2) is 4.98 Å². The van der Waals surface area contributed by atoms with Crippen molar-refractivity contribution in [2.75, 3.05) is 0 Å². The number of halogens is 3. The molecule has 2 rings (SSSR count). The molecule has 3 nitrogen and oxygen atoms in total. The summed E-state index contributed by atoms with van der Waals surface area (Å²) in [7, 11) is 0.229. The van der Waals surface area contributed by atoms with Crippen LogP contribution >= 0.6 is 0 Å². The minimum atomic E-state index is -4.40. The van der Waals surface area contributed by atoms with E-state index in [2.05, 4.69) is 30.7 Å². The largest absolute Gasteiger partial charge is 0.429 e. The lowest BCUT2D eigenvalue weighted by Crippen LogP contribution is -2.44. The summed E-state index contributed by atoms with van der Waals surface area (Å²) in [6.45, 7) is 10.3. The number of H-pyrrole nitrogens is 1. The molecule has 2 aromatic rings. The molecule has 126 valence electrons. The van der Waals surface area contributed by atoms with Crippen LogP contribution in [0.3, 0.4) is 0 Å². The van der Waals surface area contributed by atoms with Gasteiger partial charge in [-0.05, 0) is 24.2 Å². The molecule has 0 aliphatic heterocycles. The van der Waals surface area contributed by atoms with Crippen LogP contribution in [0, 0.1) is 5.41 Å². The molecule has 0 spiro atoms. The Bertz CT molecular complexity index is 691. The molecule has 23 heavy (non-hydrogen) atoms. The molecule has 1 N–H and O–H groups in total. The third-order valence-corrected chi connectivity index (χ3v) is 4.71. The molecular formula is C16H22BF3N2O. The normalized spacial score (nSPS) is 15.7. The van der Waals surface area contributed by atoms with Crippen molar-refractivity contribution >= 4 is 24.0 Å². The van der Waals surface area contributed by atoms with Crippen molar-refractivity contribution in [3.05, 3.63) is 24.0 Å². The highest BCUT2D eigenvalue weighted by molar-refractivity contribution is 6.47. The van der Waals surface area contributed by atoms with Crippen molar-refractivity contribution in [2.24, 2.45) is 5.41 Å². The van der Waals surface area contributed by atoms with Gasteiger partial charge in [-0.2, -0.15) is 13.2 Å². The molecule has 0 amide bonds. The predicted octanol–water partition coefficient (Wildman–Crippen LogP) is 3.79. The second-order valence-electron chi connectivity index (χ2n) is 7.06. The predicted molar refractivity (Wildman–Crippen MR) is 87.1 cm³/mol. The Morgan fingerprint density at radius 3 is 2.39 bits per heavy atom. The molecule has 0 saturated heterocycles. The highest BCUT2D eigenvalue weighted by Gasteiger charge is 2.37. The SMILES string of the molecule is CCC(C)(OBc1cnc2[nH]cc(C(F)(F)F)c2c1)C(C)(C)C. The molecule has 0 aliphatic carbocycles. The van der Waals surface area contributed by atoms with Crippen LogP contribution in [0.1, 0.15) is 46.6 Å². The zero-order valence-electron chi connectivity index (χ0n) is 14.1. The highest BCUT2D eigenvalue weighted by Crippen LogP contribution is 2.36. The van der Waals surface area contributed by atoms with Crippen molar-refractivity contribution in [2.45, 2.75) is 52.8 Å². The molecule has 1 unspecified atom stereocenters. The molecule has 0 saturated carbocycles. The van der Waals surface area contributed by atoms with Crippen molar-refractivity contribution in [3.63, 3.8) is 0 Å². The van der Waals surface area contributed by atoms with E-state index >= 15 is 0 Å². The molecule has 1 atom stereocenters. The van der Waals surface area contributed by atoms with Gasteiger partial charge in [0.2, 0.25) is 0 Å². The molecule has 0 aliphatic rings. The minimum absolute atomic E-state index is 0.0764. The van der Waals surface area contributed by atoms with E-state index in [9.17, 15) is 13.2 Å². The molecular weight excluding hydrogens is 304 g/mol. The zero-order valence-corrected chi connectivity index (χ0v) is 14.1. The summed E-state index contributed by atoms with van der Waals surface area (Å²) in [5.74, 6) is 0. The first-order chi connectivity index (χ1) is 10.5. The number of aromatic amines is 1. The average Bonchev–Trinajstić information content (AvgIpc) is 2.86. The summed E-state index contributed by atoms with van der Waals surface area (Å²) in [4.78, 5) is 6.63. The maximum Gasteiger partial charge on any atom is 0.418 e. The Kier molecular flexibility index (Phi) is 4.54. The van der Waals surface area contributed by atoms with Crippen LogP contribution in [0.2, 0.25) is 0 Å². The lowest BCUT2D eigenvalue weighted by molar-refractivity contribution is -0.136. The van der Waals surface area contributed by atoms with Crippen LogP contribution in [0.5, 0.6) is 0 Å². The molecule has 7 heteroatoms. The number of nitrogens with one attached hydrogen (secondary N) is 1. The maximum absolute atomic E-state index is 13.0. The Labute approximate surface area is 134 Å². The highest BCUT2D eigenvalue weighted by atomic mass is 19.4. The van der Waals surface area contributed by atoms with Gasteiger partial charge in [-0.3, -0.25) is 0 Å². The maximum atomic E-state index is 13.0. The molecule has 0 radical (unpaired) electrons. The van der Waals surface area contributed by atoms with E-state index in [1.165, 1.54) is 6.07 Å². The number of alkyl halides is 3. The first-order valence-corrected chi connectivity index (χ1v) is 7.65. The van der Waals surface area contributed by atoms with Crippen molar-refractivity contribution < 1.29 is 17.8 Å². The first kappa shape index (κ1) is 17.9. The number of fused-ring (bicyclic) bond motifs is 1. The van der Waals surface area contributed by atoms with E-state index in [0.717, 1.165) is 12.6 Å². The van der Waals surface area contributed by atoms with Crippen LogP contribution in [0.4, 0.5) is 13.2 Å². The summed E-state index contributed by atoms with van der Waals surface area (Å²) < 4.78 is 45.0. The lowest BCUT2D eigenvalue weighted by Gasteiger charge is -2.41. The van der Waals surface area contributed by atoms with E-state index in [1.54, 1.807) is 6.20 Å². The van der Waals surface area contributed by atoms with Gasteiger partial charge in [-0.15, -0.1) is 0 Å². The second kappa shape index (κ2) is 5.85. The third-order valence-electron chi connectivity index (χ3n) is 4.71. The average molecular weight is 326 g/mol. The van der Waals surface area contributed by atoms with Gasteiger partial charge in [-0.1, -0.05) is 33.8 Å². The van der Waals surface area contributed by atoms with Gasteiger partial charge in [0.1, 0.15) is 5.65 Å². The zero-order chi connectivity index (χ0) is 17.5. The Hall–Kier alpha value is -1.50. The van der Waals surface area contributed by atoms with E-state index < -0.39 is 11.7 Å². The van der Waals surface area contributed by atoms with E-state index in [4.69, 9.17) is 4.65 Å². The van der Waals surface area contributed by atoms with Gasteiger partial charge >= 0.3 is 13.7 Å². The number of nitrogens with zero attached hydrogens (tertiary/aromatic N) is 1. The smallest absolute Gasteiger partial charge is 0.418 e. The van der Waals surface area contributed by atoms with Gasteiger partial charge in [0.25, 0.3) is 0 Å². The van der Waals surface area contributed by atoms with Gasteiger partial charge < -0.3 is 9.64 Å². The molecule has 2 aromatic heterocycles. The first-order valence-electron chi connectivity index (χ1n) is 7.65. The van der Waals surface area contributed by atoms with Crippen LogP contribution < -0.4 is 5.46 Å². The van der Waals surface area contributed by atoms with E-state index in [-0.39, 0.29) is 29.5 Å². The quantitative estimate of drug-likeness (QED) is 0.868. The number of hydrogen-bond acceptors (Lipinski definition) is 2. The summed E-state index contributed by atoms with van der Waals surface area (Å²) in [5.41, 5.74) is -0.283. The number of rotatable bonds is 4. The summed E-state index contributed by atoms with van der Waals surface area (Å²) in [6, 6.07) is 1.50. The van der Waals surface area contributed by atoms with E-state index in [0.29, 0.717) is 5.46 Å². The number of pyridine rings is 1. The fraction of sp³-hybridized carbons (Fsp3) is 0.562. The van der Waals surface area contributed by atoms with Gasteiger partial charge in [0.05, 0.1) is 11.2 Å². The monoisotopic (exact) mass is 326 g/mol. The lowest BCUT2D eigenvalue weighted by atomic mass is 9.74. The second-order valence-corrected chi connectivity index (χ2v) is 7.06. The number of hydrogen-bond donors (Lipinski definition) is 1. The van der Waals surface area contributed by atoms with Gasteiger partial charge in [0.15, 0.2) is 0 Å². The van der Waals surface area contributed by atoms with Gasteiger partial charge in [0, 0.05) is 17.8 Å². The molecule has 0 fully saturated rings. The Balaban J connectivity index is 2.28. The standard InChI is InChI=1S/C16H22BF3N2O/c1-6-15(5,14(2,3)4)23-17-10-7-11-12(16(18,19)20)9-22-13(11)21-8-10/h7-9,17H,6H2,1-5H3,(H,21,22). The summed E-state index contributed by atoms with van der Waals surface area (Å²) in [5, 5.41) is 0.0764. The molecule has 2 heterocycles. The fourth-order valence-corrected chi connectivity index (χ4v) is 2.45. The Morgan fingerprint density at radius 1 is 1.22 bits per heavy atom. The van der Waals surface area contributed by atoms with Crippen LogP contribution in [-0.4, -0.2) is 23.1 Å². The summed E-state index contributed by atoms with van der Waals surface area (Å²) >= 11 is 0. The van der Waals surface area contributed by atoms with Crippen molar-refractivity contribution in [1.29, 1.82) is 0 Å². The van der Waals surface area contributed by atoms with Crippen LogP contribution in [-0.2, 0) is 10.8 Å². The summed E-state index contributed by atoms with van der Waals surface area (Å²) in [6.07, 6.45) is -1.09. The van der Waals surface area contributed by atoms with Crippen LogP contribution in [0.15, 0.2) is 18.5 Å². The van der Waals surface area contributed by atoms with E-state index in [1.807, 2.05) is 13.8 Å². The third kappa shape index (κ3) is 3.55.